The minimum absolute atomic E-state index is 0.00398. The Morgan fingerprint density at radius 1 is 1.33 bits per heavy atom. The highest BCUT2D eigenvalue weighted by Gasteiger charge is 2.23. The number of amides is 1. The monoisotopic (exact) mass is 287 g/mol. The van der Waals surface area contributed by atoms with Crippen molar-refractivity contribution in [2.75, 3.05) is 7.05 Å². The van der Waals surface area contributed by atoms with Crippen LogP contribution < -0.4 is 5.32 Å². The number of carbonyl (C=O) groups excluding carboxylic acids is 1. The maximum absolute atomic E-state index is 11.7. The number of aromatic nitrogens is 2. The number of carboxylic acids is 1. The molecular formula is C15H17N3O3. The fraction of sp³-hybridized carbons (Fsp3) is 0.267. The minimum Gasteiger partial charge on any atom is -0.477 e. The molecule has 21 heavy (non-hydrogen) atoms. The van der Waals surface area contributed by atoms with Crippen LogP contribution in [0.15, 0.2) is 36.4 Å². The summed E-state index contributed by atoms with van der Waals surface area (Å²) in [5.74, 6) is -1.51. The molecule has 0 spiro atoms. The van der Waals surface area contributed by atoms with Gasteiger partial charge in [0.25, 0.3) is 5.91 Å². The normalized spacial score (nSPS) is 11.9. The third-order valence-electron chi connectivity index (χ3n) is 3.28. The molecule has 1 heterocycles. The molecule has 2 N–H and O–H groups in total. The van der Waals surface area contributed by atoms with Crippen molar-refractivity contribution in [3.63, 3.8) is 0 Å². The van der Waals surface area contributed by atoms with E-state index in [1.807, 2.05) is 37.3 Å². The van der Waals surface area contributed by atoms with Crippen molar-refractivity contribution in [1.82, 2.24) is 15.1 Å². The number of nitrogens with zero attached hydrogens (tertiary/aromatic N) is 2. The molecule has 0 radical (unpaired) electrons. The summed E-state index contributed by atoms with van der Waals surface area (Å²) in [6, 6.07) is 10.6. The Hall–Kier alpha value is -2.63. The number of nitrogens with one attached hydrogen (secondary N) is 1. The SMILES string of the molecule is CC[C@@H](c1ccccc1)n1nc(C(=O)NC)cc1C(=O)O. The third-order valence-corrected chi connectivity index (χ3v) is 3.28. The number of carboxylic acid groups (broad SMARTS) is 1. The van der Waals surface area contributed by atoms with Gasteiger partial charge < -0.3 is 10.4 Å². The van der Waals surface area contributed by atoms with Crippen LogP contribution in [0.2, 0.25) is 0 Å². The van der Waals surface area contributed by atoms with Gasteiger partial charge >= 0.3 is 5.97 Å². The van der Waals surface area contributed by atoms with Crippen molar-refractivity contribution in [2.24, 2.45) is 0 Å². The Kier molecular flexibility index (Phi) is 4.37. The molecule has 0 saturated carbocycles. The van der Waals surface area contributed by atoms with Crippen molar-refractivity contribution in [1.29, 1.82) is 0 Å². The quantitative estimate of drug-likeness (QED) is 0.880. The molecule has 1 aromatic heterocycles. The second-order valence-corrected chi connectivity index (χ2v) is 4.58. The van der Waals surface area contributed by atoms with Crippen LogP contribution in [0.4, 0.5) is 0 Å². The topological polar surface area (TPSA) is 84.2 Å². The number of hydrogen-bond donors (Lipinski definition) is 2. The van der Waals surface area contributed by atoms with E-state index in [9.17, 15) is 14.7 Å². The summed E-state index contributed by atoms with van der Waals surface area (Å²) in [7, 11) is 1.48. The van der Waals surface area contributed by atoms with E-state index < -0.39 is 11.9 Å². The van der Waals surface area contributed by atoms with Crippen molar-refractivity contribution in [3.05, 3.63) is 53.3 Å². The number of rotatable bonds is 5. The predicted molar refractivity (Wildman–Crippen MR) is 77.4 cm³/mol. The van der Waals surface area contributed by atoms with Crippen molar-refractivity contribution >= 4 is 11.9 Å². The number of carbonyl (C=O) groups is 2. The molecule has 6 heteroatoms. The van der Waals surface area contributed by atoms with Crippen LogP contribution in [0.3, 0.4) is 0 Å². The van der Waals surface area contributed by atoms with Crippen LogP contribution in [0.25, 0.3) is 0 Å². The number of hydrogen-bond acceptors (Lipinski definition) is 3. The van der Waals surface area contributed by atoms with Gasteiger partial charge in [-0.15, -0.1) is 0 Å². The van der Waals surface area contributed by atoms with E-state index in [1.165, 1.54) is 17.8 Å². The first kappa shape index (κ1) is 14.8. The zero-order valence-electron chi connectivity index (χ0n) is 11.9. The summed E-state index contributed by atoms with van der Waals surface area (Å²) >= 11 is 0. The van der Waals surface area contributed by atoms with Gasteiger partial charge in [-0.25, -0.2) is 9.48 Å². The summed E-state index contributed by atoms with van der Waals surface area (Å²) in [6.45, 7) is 1.95. The second kappa shape index (κ2) is 6.21. The van der Waals surface area contributed by atoms with Gasteiger partial charge in [0.15, 0.2) is 5.69 Å². The molecule has 0 aliphatic heterocycles. The van der Waals surface area contributed by atoms with E-state index in [0.29, 0.717) is 6.42 Å². The first-order valence-electron chi connectivity index (χ1n) is 6.68. The Morgan fingerprint density at radius 3 is 2.52 bits per heavy atom. The molecule has 110 valence electrons. The highest BCUT2D eigenvalue weighted by molar-refractivity contribution is 5.95. The molecule has 0 bridgehead atoms. The van der Waals surface area contributed by atoms with Crippen LogP contribution in [0.1, 0.15) is 45.9 Å². The molecule has 6 nitrogen and oxygen atoms in total. The van der Waals surface area contributed by atoms with E-state index in [-0.39, 0.29) is 17.4 Å². The molecule has 0 aliphatic rings. The number of benzene rings is 1. The predicted octanol–water partition coefficient (Wildman–Crippen LogP) is 1.94. The van der Waals surface area contributed by atoms with Crippen LogP contribution in [-0.2, 0) is 0 Å². The molecule has 1 atom stereocenters. The minimum atomic E-state index is -1.10. The van der Waals surface area contributed by atoms with Crippen LogP contribution in [-0.4, -0.2) is 33.8 Å². The summed E-state index contributed by atoms with van der Waals surface area (Å²) in [4.78, 5) is 23.1. The Morgan fingerprint density at radius 2 is 2.00 bits per heavy atom. The Labute approximate surface area is 122 Å². The molecule has 1 aromatic carbocycles. The zero-order chi connectivity index (χ0) is 15.4. The Bertz CT molecular complexity index is 649. The summed E-state index contributed by atoms with van der Waals surface area (Å²) in [6.07, 6.45) is 0.666. The van der Waals surface area contributed by atoms with Crippen molar-refractivity contribution in [2.45, 2.75) is 19.4 Å². The fourth-order valence-electron chi connectivity index (χ4n) is 2.26. The molecule has 0 aliphatic carbocycles. The molecular weight excluding hydrogens is 270 g/mol. The van der Waals surface area contributed by atoms with E-state index >= 15 is 0 Å². The smallest absolute Gasteiger partial charge is 0.354 e. The van der Waals surface area contributed by atoms with E-state index in [1.54, 1.807) is 0 Å². The van der Waals surface area contributed by atoms with E-state index in [2.05, 4.69) is 10.4 Å². The molecule has 1 amide bonds. The van der Waals surface area contributed by atoms with Gasteiger partial charge in [-0.3, -0.25) is 4.79 Å². The first-order chi connectivity index (χ1) is 10.1. The van der Waals surface area contributed by atoms with Gasteiger partial charge in [0.2, 0.25) is 0 Å². The van der Waals surface area contributed by atoms with E-state index in [4.69, 9.17) is 0 Å². The second-order valence-electron chi connectivity index (χ2n) is 4.58. The highest BCUT2D eigenvalue weighted by atomic mass is 16.4. The van der Waals surface area contributed by atoms with E-state index in [0.717, 1.165) is 5.56 Å². The molecule has 2 rings (SSSR count). The van der Waals surface area contributed by atoms with Crippen molar-refractivity contribution < 1.29 is 14.7 Å². The lowest BCUT2D eigenvalue weighted by Gasteiger charge is -2.17. The molecule has 0 unspecified atom stereocenters. The lowest BCUT2D eigenvalue weighted by atomic mass is 10.0. The standard InChI is InChI=1S/C15H17N3O3/c1-3-12(10-7-5-4-6-8-10)18-13(15(20)21)9-11(17-18)14(19)16-2/h4-9,12H,3H2,1-2H3,(H,16,19)(H,20,21)/t12-/m0/s1. The van der Waals surface area contributed by atoms with Gasteiger partial charge in [0.1, 0.15) is 5.69 Å². The Balaban J connectivity index is 2.52. The van der Waals surface area contributed by atoms with Crippen LogP contribution in [0.5, 0.6) is 0 Å². The van der Waals surface area contributed by atoms with Gasteiger partial charge in [0, 0.05) is 13.1 Å². The highest BCUT2D eigenvalue weighted by Crippen LogP contribution is 2.23. The van der Waals surface area contributed by atoms with Crippen molar-refractivity contribution in [3.8, 4) is 0 Å². The first-order valence-corrected chi connectivity index (χ1v) is 6.68. The summed E-state index contributed by atoms with van der Waals surface area (Å²) in [5.41, 5.74) is 1.06. The molecule has 0 saturated heterocycles. The maximum atomic E-state index is 11.7. The lowest BCUT2D eigenvalue weighted by Crippen LogP contribution is -2.20. The third kappa shape index (κ3) is 2.94. The molecule has 0 fully saturated rings. The zero-order valence-corrected chi connectivity index (χ0v) is 11.9. The summed E-state index contributed by atoms with van der Waals surface area (Å²) < 4.78 is 1.40. The van der Waals surface area contributed by atoms with Crippen LogP contribution in [0, 0.1) is 0 Å². The van der Waals surface area contributed by atoms with Gasteiger partial charge in [0.05, 0.1) is 6.04 Å². The molecule has 2 aromatic rings. The van der Waals surface area contributed by atoms with Gasteiger partial charge in [-0.1, -0.05) is 37.3 Å². The van der Waals surface area contributed by atoms with Gasteiger partial charge in [-0.2, -0.15) is 5.10 Å². The fourth-order valence-corrected chi connectivity index (χ4v) is 2.26. The maximum Gasteiger partial charge on any atom is 0.354 e. The lowest BCUT2D eigenvalue weighted by molar-refractivity contribution is 0.0681. The summed E-state index contributed by atoms with van der Waals surface area (Å²) in [5, 5.41) is 16.0. The van der Waals surface area contributed by atoms with Gasteiger partial charge in [-0.05, 0) is 12.0 Å². The number of aromatic carboxylic acids is 1. The van der Waals surface area contributed by atoms with Crippen LogP contribution >= 0.6 is 0 Å². The average Bonchev–Trinajstić information content (AvgIpc) is 2.93. The average molecular weight is 287 g/mol. The largest absolute Gasteiger partial charge is 0.477 e.